The third kappa shape index (κ3) is 3.55. The van der Waals surface area contributed by atoms with Crippen molar-refractivity contribution in [1.29, 1.82) is 0 Å². The van der Waals surface area contributed by atoms with E-state index in [1.165, 1.54) is 25.9 Å². The first-order valence-corrected chi connectivity index (χ1v) is 5.33. The van der Waals surface area contributed by atoms with E-state index in [0.717, 1.165) is 12.7 Å². The van der Waals surface area contributed by atoms with Crippen LogP contribution in [0.15, 0.2) is 0 Å². The van der Waals surface area contributed by atoms with Crippen LogP contribution in [0, 0.1) is 0 Å². The van der Waals surface area contributed by atoms with Gasteiger partial charge in [0, 0.05) is 12.7 Å². The minimum atomic E-state index is 0.839. The highest BCUT2D eigenvalue weighted by atomic mass is 15.3. The van der Waals surface area contributed by atoms with E-state index in [0.29, 0.717) is 0 Å². The van der Waals surface area contributed by atoms with Crippen LogP contribution in [-0.4, -0.2) is 30.7 Å². The number of hydrogen-bond acceptors (Lipinski definition) is 2. The Balaban J connectivity index is 0.000000561. The molecule has 1 unspecified atom stereocenters. The Kier molecular flexibility index (Phi) is 7.51. The zero-order chi connectivity index (χ0) is 9.40. The molecule has 0 radical (unpaired) electrons. The lowest BCUT2D eigenvalue weighted by molar-refractivity contribution is 0.143. The van der Waals surface area contributed by atoms with Crippen LogP contribution in [0.25, 0.3) is 0 Å². The van der Waals surface area contributed by atoms with E-state index in [1.807, 2.05) is 13.8 Å². The van der Waals surface area contributed by atoms with Gasteiger partial charge in [-0.15, -0.1) is 0 Å². The van der Waals surface area contributed by atoms with Gasteiger partial charge in [-0.3, -0.25) is 4.90 Å². The molecular weight excluding hydrogens is 148 g/mol. The Labute approximate surface area is 77.3 Å². The molecule has 0 spiro atoms. The molecule has 1 N–H and O–H groups in total. The standard InChI is InChI=1S/C8H18N2.C2H6/c1-3-8-5-6-9-7-10(8)4-2;1-2/h8-9H,3-7H2,1-2H3;1-2H3. The van der Waals surface area contributed by atoms with Crippen molar-refractivity contribution in [2.75, 3.05) is 19.8 Å². The van der Waals surface area contributed by atoms with Gasteiger partial charge >= 0.3 is 0 Å². The molecule has 1 atom stereocenters. The van der Waals surface area contributed by atoms with Gasteiger partial charge in [-0.1, -0.05) is 27.7 Å². The Bertz CT molecular complexity index is 81.8. The molecule has 0 amide bonds. The van der Waals surface area contributed by atoms with E-state index in [2.05, 4.69) is 24.1 Å². The predicted octanol–water partition coefficient (Wildman–Crippen LogP) is 2.06. The molecule has 1 aliphatic rings. The maximum absolute atomic E-state index is 3.38. The van der Waals surface area contributed by atoms with Gasteiger partial charge in [-0.2, -0.15) is 0 Å². The second-order valence-electron chi connectivity index (χ2n) is 2.91. The fourth-order valence-corrected chi connectivity index (χ4v) is 1.64. The summed E-state index contributed by atoms with van der Waals surface area (Å²) >= 11 is 0. The van der Waals surface area contributed by atoms with Gasteiger partial charge in [0.15, 0.2) is 0 Å². The van der Waals surface area contributed by atoms with Gasteiger partial charge < -0.3 is 5.32 Å². The summed E-state index contributed by atoms with van der Waals surface area (Å²) in [6, 6.07) is 0.839. The van der Waals surface area contributed by atoms with Crippen molar-refractivity contribution in [2.24, 2.45) is 0 Å². The quantitative estimate of drug-likeness (QED) is 0.686. The average molecular weight is 172 g/mol. The predicted molar refractivity (Wildman–Crippen MR) is 55.3 cm³/mol. The topological polar surface area (TPSA) is 15.3 Å². The van der Waals surface area contributed by atoms with Crippen molar-refractivity contribution in [1.82, 2.24) is 10.2 Å². The van der Waals surface area contributed by atoms with Crippen molar-refractivity contribution in [3.05, 3.63) is 0 Å². The molecule has 2 nitrogen and oxygen atoms in total. The first-order valence-electron chi connectivity index (χ1n) is 5.33. The lowest BCUT2D eigenvalue weighted by Crippen LogP contribution is -2.47. The molecule has 0 aromatic rings. The Morgan fingerprint density at radius 1 is 1.33 bits per heavy atom. The van der Waals surface area contributed by atoms with Crippen LogP contribution in [0.4, 0.5) is 0 Å². The molecule has 0 bridgehead atoms. The third-order valence-corrected chi connectivity index (χ3v) is 2.36. The summed E-state index contributed by atoms with van der Waals surface area (Å²) < 4.78 is 0. The maximum Gasteiger partial charge on any atom is 0.0483 e. The summed E-state index contributed by atoms with van der Waals surface area (Å²) in [5, 5.41) is 3.38. The van der Waals surface area contributed by atoms with E-state index < -0.39 is 0 Å². The fourth-order valence-electron chi connectivity index (χ4n) is 1.64. The molecule has 74 valence electrons. The van der Waals surface area contributed by atoms with Crippen LogP contribution in [0.3, 0.4) is 0 Å². The number of nitrogens with one attached hydrogen (secondary N) is 1. The highest BCUT2D eigenvalue weighted by molar-refractivity contribution is 4.73. The average Bonchev–Trinajstić information content (AvgIpc) is 2.20. The Morgan fingerprint density at radius 3 is 2.42 bits per heavy atom. The number of nitrogens with zero attached hydrogens (tertiary/aromatic N) is 1. The molecule has 1 rings (SSSR count). The Morgan fingerprint density at radius 2 is 2.00 bits per heavy atom. The van der Waals surface area contributed by atoms with Gasteiger partial charge in [-0.25, -0.2) is 0 Å². The molecule has 0 saturated carbocycles. The van der Waals surface area contributed by atoms with E-state index >= 15 is 0 Å². The van der Waals surface area contributed by atoms with Crippen molar-refractivity contribution in [3.8, 4) is 0 Å². The molecule has 0 aliphatic carbocycles. The van der Waals surface area contributed by atoms with Crippen LogP contribution in [0.2, 0.25) is 0 Å². The summed E-state index contributed by atoms with van der Waals surface area (Å²) in [7, 11) is 0. The lowest BCUT2D eigenvalue weighted by Gasteiger charge is -2.34. The third-order valence-electron chi connectivity index (χ3n) is 2.36. The summed E-state index contributed by atoms with van der Waals surface area (Å²) in [6.07, 6.45) is 2.62. The van der Waals surface area contributed by atoms with E-state index in [4.69, 9.17) is 0 Å². The maximum atomic E-state index is 3.38. The van der Waals surface area contributed by atoms with Gasteiger partial charge in [0.25, 0.3) is 0 Å². The second kappa shape index (κ2) is 7.56. The minimum absolute atomic E-state index is 0.839. The van der Waals surface area contributed by atoms with E-state index in [-0.39, 0.29) is 0 Å². The second-order valence-corrected chi connectivity index (χ2v) is 2.91. The van der Waals surface area contributed by atoms with Gasteiger partial charge in [0.2, 0.25) is 0 Å². The largest absolute Gasteiger partial charge is 0.304 e. The lowest BCUT2D eigenvalue weighted by atomic mass is 10.1. The molecule has 1 saturated heterocycles. The molecule has 0 aromatic heterocycles. The molecule has 0 aromatic carbocycles. The zero-order valence-corrected chi connectivity index (χ0v) is 9.06. The number of hydrogen-bond donors (Lipinski definition) is 1. The monoisotopic (exact) mass is 172 g/mol. The molecular formula is C10H24N2. The van der Waals surface area contributed by atoms with Gasteiger partial charge in [0.1, 0.15) is 0 Å². The highest BCUT2D eigenvalue weighted by Gasteiger charge is 2.17. The smallest absolute Gasteiger partial charge is 0.0483 e. The van der Waals surface area contributed by atoms with Crippen molar-refractivity contribution in [2.45, 2.75) is 46.6 Å². The van der Waals surface area contributed by atoms with Crippen LogP contribution in [0.5, 0.6) is 0 Å². The fraction of sp³-hybridized carbons (Fsp3) is 1.00. The number of rotatable bonds is 2. The van der Waals surface area contributed by atoms with E-state index in [9.17, 15) is 0 Å². The molecule has 2 heteroatoms. The Hall–Kier alpha value is -0.0800. The van der Waals surface area contributed by atoms with Crippen molar-refractivity contribution < 1.29 is 0 Å². The van der Waals surface area contributed by atoms with Crippen LogP contribution >= 0.6 is 0 Å². The summed E-state index contributed by atoms with van der Waals surface area (Å²) in [5.41, 5.74) is 0. The molecule has 12 heavy (non-hydrogen) atoms. The molecule has 1 heterocycles. The van der Waals surface area contributed by atoms with Gasteiger partial charge in [-0.05, 0) is 25.9 Å². The van der Waals surface area contributed by atoms with Crippen molar-refractivity contribution in [3.63, 3.8) is 0 Å². The van der Waals surface area contributed by atoms with E-state index in [1.54, 1.807) is 0 Å². The summed E-state index contributed by atoms with van der Waals surface area (Å²) in [6.45, 7) is 12.0. The minimum Gasteiger partial charge on any atom is -0.304 e. The summed E-state index contributed by atoms with van der Waals surface area (Å²) in [5.74, 6) is 0. The van der Waals surface area contributed by atoms with Gasteiger partial charge in [0.05, 0.1) is 0 Å². The summed E-state index contributed by atoms with van der Waals surface area (Å²) in [4.78, 5) is 2.50. The van der Waals surface area contributed by atoms with Crippen LogP contribution in [-0.2, 0) is 0 Å². The SMILES string of the molecule is CC.CCC1CCNCN1CC. The van der Waals surface area contributed by atoms with Crippen LogP contribution in [0.1, 0.15) is 40.5 Å². The highest BCUT2D eigenvalue weighted by Crippen LogP contribution is 2.09. The zero-order valence-electron chi connectivity index (χ0n) is 9.06. The first-order chi connectivity index (χ1) is 5.88. The normalized spacial score (nSPS) is 24.5. The van der Waals surface area contributed by atoms with Crippen molar-refractivity contribution >= 4 is 0 Å². The molecule has 1 aliphatic heterocycles. The van der Waals surface area contributed by atoms with Crippen LogP contribution < -0.4 is 5.32 Å². The first kappa shape index (κ1) is 11.9. The molecule has 1 fully saturated rings.